The van der Waals surface area contributed by atoms with Crippen LogP contribution in [0.15, 0.2) is 59.1 Å². The average molecular weight is 416 g/mol. The van der Waals surface area contributed by atoms with Crippen LogP contribution in [0.5, 0.6) is 0 Å². The van der Waals surface area contributed by atoms with Crippen molar-refractivity contribution in [3.63, 3.8) is 0 Å². The first-order chi connectivity index (χ1) is 15.1. The lowest BCUT2D eigenvalue weighted by Gasteiger charge is -2.14. The molecule has 0 amide bonds. The number of carbonyl (C=O) groups is 1. The summed E-state index contributed by atoms with van der Waals surface area (Å²) in [6, 6.07) is 18.2. The monoisotopic (exact) mass is 416 g/mol. The molecule has 0 bridgehead atoms. The second-order valence-electron chi connectivity index (χ2n) is 7.39. The summed E-state index contributed by atoms with van der Waals surface area (Å²) in [4.78, 5) is 21.0. The Labute approximate surface area is 180 Å². The first-order valence-electron chi connectivity index (χ1n) is 10.3. The molecule has 0 radical (unpaired) electrons. The highest BCUT2D eigenvalue weighted by Crippen LogP contribution is 2.32. The number of hydrogen-bond acceptors (Lipinski definition) is 7. The summed E-state index contributed by atoms with van der Waals surface area (Å²) in [6.45, 7) is 6.73. The number of carbonyl (C=O) groups excluding carboxylic acids is 1. The van der Waals surface area contributed by atoms with Gasteiger partial charge in [-0.05, 0) is 25.3 Å². The number of hydrogen-bond donors (Lipinski definition) is 1. The molecule has 2 heterocycles. The van der Waals surface area contributed by atoms with E-state index in [1.54, 1.807) is 6.92 Å². The van der Waals surface area contributed by atoms with Crippen molar-refractivity contribution >= 4 is 22.9 Å². The van der Waals surface area contributed by atoms with E-state index < -0.39 is 5.97 Å². The molecule has 2 aromatic carbocycles. The van der Waals surface area contributed by atoms with Crippen molar-refractivity contribution in [1.29, 1.82) is 0 Å². The quantitative estimate of drug-likeness (QED) is 0.425. The van der Waals surface area contributed by atoms with Crippen LogP contribution in [0.4, 0.5) is 5.82 Å². The van der Waals surface area contributed by atoms with Crippen molar-refractivity contribution in [2.75, 3.05) is 18.5 Å². The molecule has 0 saturated heterocycles. The largest absolute Gasteiger partial charge is 0.460 e. The van der Waals surface area contributed by atoms with Crippen LogP contribution in [-0.2, 0) is 4.74 Å². The molecule has 7 nitrogen and oxygen atoms in total. The molecule has 0 aliphatic carbocycles. The van der Waals surface area contributed by atoms with Crippen molar-refractivity contribution in [1.82, 2.24) is 15.1 Å². The van der Waals surface area contributed by atoms with Crippen molar-refractivity contribution in [3.8, 4) is 11.3 Å². The normalized spacial score (nSPS) is 12.0. The molecule has 0 aliphatic rings. The zero-order valence-electron chi connectivity index (χ0n) is 17.8. The van der Waals surface area contributed by atoms with E-state index >= 15 is 0 Å². The first-order valence-corrected chi connectivity index (χ1v) is 10.3. The molecule has 4 rings (SSSR count). The Morgan fingerprint density at radius 2 is 1.84 bits per heavy atom. The van der Waals surface area contributed by atoms with Gasteiger partial charge in [-0.25, -0.2) is 9.78 Å². The van der Waals surface area contributed by atoms with E-state index in [0.29, 0.717) is 23.4 Å². The van der Waals surface area contributed by atoms with Crippen LogP contribution in [0.1, 0.15) is 41.5 Å². The van der Waals surface area contributed by atoms with Crippen molar-refractivity contribution in [2.45, 2.75) is 26.7 Å². The van der Waals surface area contributed by atoms with E-state index in [0.717, 1.165) is 11.1 Å². The Morgan fingerprint density at radius 3 is 2.55 bits per heavy atom. The number of aromatic nitrogens is 3. The van der Waals surface area contributed by atoms with E-state index in [4.69, 9.17) is 9.26 Å². The summed E-state index contributed by atoms with van der Waals surface area (Å²) in [5.74, 6) is 0.0558. The van der Waals surface area contributed by atoms with E-state index in [1.807, 2.05) is 49.4 Å². The lowest BCUT2D eigenvalue weighted by Crippen LogP contribution is -2.15. The fraction of sp³-hybridized carbons (Fsp3) is 0.250. The van der Waals surface area contributed by atoms with Gasteiger partial charge in [0.2, 0.25) is 5.82 Å². The number of anilines is 1. The Bertz CT molecular complexity index is 1190. The van der Waals surface area contributed by atoms with Crippen molar-refractivity contribution < 1.29 is 14.1 Å². The number of fused-ring (bicyclic) bond motifs is 1. The van der Waals surface area contributed by atoms with Crippen molar-refractivity contribution in [3.05, 3.63) is 71.5 Å². The van der Waals surface area contributed by atoms with Crippen LogP contribution in [-0.4, -0.2) is 34.2 Å². The molecule has 1 N–H and O–H groups in total. The van der Waals surface area contributed by atoms with Gasteiger partial charge in [0, 0.05) is 12.1 Å². The summed E-state index contributed by atoms with van der Waals surface area (Å²) in [5, 5.41) is 8.23. The number of aryl methyl sites for hydroxylation is 1. The molecule has 1 atom stereocenters. The Morgan fingerprint density at radius 1 is 1.10 bits per heavy atom. The Hall–Kier alpha value is -3.74. The molecule has 2 aromatic heterocycles. The van der Waals surface area contributed by atoms with E-state index in [2.05, 4.69) is 39.5 Å². The number of nitrogens with zero attached hydrogens (tertiary/aromatic N) is 3. The maximum Gasteiger partial charge on any atom is 0.376 e. The minimum absolute atomic E-state index is 0.0594. The fourth-order valence-electron chi connectivity index (χ4n) is 3.33. The molecule has 0 saturated carbocycles. The summed E-state index contributed by atoms with van der Waals surface area (Å²) >= 11 is 0. The van der Waals surface area contributed by atoms with Crippen LogP contribution in [0, 0.1) is 6.92 Å². The summed E-state index contributed by atoms with van der Waals surface area (Å²) in [7, 11) is 0. The van der Waals surface area contributed by atoms with Crippen LogP contribution in [0.25, 0.3) is 22.4 Å². The number of ether oxygens (including phenoxy) is 1. The predicted octanol–water partition coefficient (Wildman–Crippen LogP) is 4.99. The van der Waals surface area contributed by atoms with E-state index in [-0.39, 0.29) is 24.1 Å². The number of esters is 1. The number of benzene rings is 2. The molecule has 4 aromatic rings. The van der Waals surface area contributed by atoms with Crippen LogP contribution < -0.4 is 5.32 Å². The maximum absolute atomic E-state index is 12.3. The smallest absolute Gasteiger partial charge is 0.376 e. The standard InChI is InChI=1S/C24H24N4O3/c1-4-30-24(29)22-26-21(25-14-16(3)17-8-6-5-7-9-17)19-20(28-31-23(19)27-22)18-12-10-15(2)11-13-18/h5-13,16H,4,14H2,1-3H3,(H,25,26,27)/t16-/m0/s1. The van der Waals surface area contributed by atoms with Gasteiger partial charge in [0.1, 0.15) is 16.9 Å². The van der Waals surface area contributed by atoms with Gasteiger partial charge in [0.15, 0.2) is 0 Å². The molecule has 7 heteroatoms. The lowest BCUT2D eigenvalue weighted by molar-refractivity contribution is 0.0512. The predicted molar refractivity (Wildman–Crippen MR) is 119 cm³/mol. The van der Waals surface area contributed by atoms with Crippen molar-refractivity contribution in [2.24, 2.45) is 0 Å². The first kappa shape index (κ1) is 20.5. The Balaban J connectivity index is 1.74. The van der Waals surface area contributed by atoms with Gasteiger partial charge < -0.3 is 14.6 Å². The highest BCUT2D eigenvalue weighted by atomic mass is 16.5. The fourth-order valence-corrected chi connectivity index (χ4v) is 3.33. The van der Waals surface area contributed by atoms with E-state index in [9.17, 15) is 4.79 Å². The van der Waals surface area contributed by atoms with Crippen LogP contribution in [0.2, 0.25) is 0 Å². The van der Waals surface area contributed by atoms with Crippen LogP contribution in [0.3, 0.4) is 0 Å². The summed E-state index contributed by atoms with van der Waals surface area (Å²) in [6.07, 6.45) is 0. The van der Waals surface area contributed by atoms with Gasteiger partial charge >= 0.3 is 5.97 Å². The second-order valence-corrected chi connectivity index (χ2v) is 7.39. The zero-order valence-corrected chi connectivity index (χ0v) is 17.8. The van der Waals surface area contributed by atoms with Crippen LogP contribution >= 0.6 is 0 Å². The average Bonchev–Trinajstić information content (AvgIpc) is 3.22. The van der Waals surface area contributed by atoms with Gasteiger partial charge in [-0.1, -0.05) is 72.2 Å². The molecule has 0 fully saturated rings. The second kappa shape index (κ2) is 8.95. The summed E-state index contributed by atoms with van der Waals surface area (Å²) in [5.41, 5.74) is 4.10. The minimum atomic E-state index is -0.600. The highest BCUT2D eigenvalue weighted by Gasteiger charge is 2.22. The molecule has 31 heavy (non-hydrogen) atoms. The minimum Gasteiger partial charge on any atom is -0.460 e. The number of rotatable bonds is 7. The van der Waals surface area contributed by atoms with Gasteiger partial charge in [-0.2, -0.15) is 4.98 Å². The van der Waals surface area contributed by atoms with Gasteiger partial charge in [0.25, 0.3) is 5.71 Å². The topological polar surface area (TPSA) is 90.1 Å². The lowest BCUT2D eigenvalue weighted by atomic mass is 10.0. The maximum atomic E-state index is 12.3. The van der Waals surface area contributed by atoms with Gasteiger partial charge in [-0.3, -0.25) is 0 Å². The third-order valence-corrected chi connectivity index (χ3v) is 5.06. The number of nitrogens with one attached hydrogen (secondary N) is 1. The third-order valence-electron chi connectivity index (χ3n) is 5.06. The molecule has 0 unspecified atom stereocenters. The van der Waals surface area contributed by atoms with Gasteiger partial charge in [-0.15, -0.1) is 0 Å². The Kier molecular flexibility index (Phi) is 5.93. The molecule has 0 spiro atoms. The highest BCUT2D eigenvalue weighted by molar-refractivity contribution is 5.99. The molecular weight excluding hydrogens is 392 g/mol. The summed E-state index contributed by atoms with van der Waals surface area (Å²) < 4.78 is 10.6. The third kappa shape index (κ3) is 4.40. The van der Waals surface area contributed by atoms with E-state index in [1.165, 1.54) is 5.56 Å². The van der Waals surface area contributed by atoms with Gasteiger partial charge in [0.05, 0.1) is 6.61 Å². The molecule has 0 aliphatic heterocycles. The molecule has 158 valence electrons. The SMILES string of the molecule is CCOC(=O)c1nc(NC[C@H](C)c2ccccc2)c2c(-c3ccc(C)cc3)noc2n1. The molecular formula is C24H24N4O3. The zero-order chi connectivity index (χ0) is 21.8.